The molecular weight excluding hydrogens is 632 g/mol. The van der Waals surface area contributed by atoms with Crippen molar-refractivity contribution >= 4 is 23.4 Å². The molecule has 1 heterocycles. The van der Waals surface area contributed by atoms with Crippen molar-refractivity contribution in [2.75, 3.05) is 13.2 Å². The van der Waals surface area contributed by atoms with Gasteiger partial charge in [-0.15, -0.1) is 0 Å². The number of nitrogens with one attached hydrogen (secondary N) is 1. The molecule has 0 aromatic heterocycles. The van der Waals surface area contributed by atoms with Gasteiger partial charge in [0.2, 0.25) is 5.90 Å². The minimum Gasteiger partial charge on any atom is -0.494 e. The van der Waals surface area contributed by atoms with Crippen molar-refractivity contribution in [1.29, 1.82) is 0 Å². The number of aliphatic hydroxyl groups excluding tert-OH is 1. The number of hydrogen-bond donors (Lipinski definition) is 2. The highest BCUT2D eigenvalue weighted by atomic mass is 35.5. The van der Waals surface area contributed by atoms with E-state index in [4.69, 9.17) is 42.2 Å². The molecule has 244 valence electrons. The SMILES string of the molecule is [N-]=[N+]=NCc1ccccc1C[C@@]1(C(=O)NCc2ccc(Cl)cc2)N=C(c2ccc(OCCCO)cc2)O[C@@H]1c1ccccc1CN=[N+]=[N-]. The maximum absolute atomic E-state index is 14.7. The number of amides is 1. The zero-order valence-electron chi connectivity index (χ0n) is 25.9. The lowest BCUT2D eigenvalue weighted by Crippen LogP contribution is -2.50. The fourth-order valence-electron chi connectivity index (χ4n) is 5.52. The zero-order chi connectivity index (χ0) is 33.8. The standard InChI is InChI=1S/C35H33ClN8O4/c36-29-14-10-24(11-15-29)21-39-34(46)35(20-26-6-1-2-7-27(26)22-40-43-37)32(31-9-4-3-8-28(31)23-41-44-38)48-33(42-35)25-12-16-30(17-13-25)47-19-5-18-45/h1-4,6-17,32,45H,5,18-23H2,(H,39,46)/t32-,35-/m1/s1. The second-order valence-corrected chi connectivity index (χ2v) is 11.5. The van der Waals surface area contributed by atoms with Gasteiger partial charge < -0.3 is 19.9 Å². The smallest absolute Gasteiger partial charge is 0.252 e. The van der Waals surface area contributed by atoms with Crippen molar-refractivity contribution in [3.05, 3.63) is 156 Å². The molecule has 12 nitrogen and oxygen atoms in total. The van der Waals surface area contributed by atoms with E-state index in [1.54, 1.807) is 36.4 Å². The number of rotatable bonds is 15. The highest BCUT2D eigenvalue weighted by Gasteiger charge is 2.54. The first-order valence-electron chi connectivity index (χ1n) is 15.3. The van der Waals surface area contributed by atoms with E-state index in [2.05, 4.69) is 25.4 Å². The number of azide groups is 2. The summed E-state index contributed by atoms with van der Waals surface area (Å²) in [5.41, 5.74) is 20.9. The highest BCUT2D eigenvalue weighted by molar-refractivity contribution is 6.30. The number of benzene rings is 4. The van der Waals surface area contributed by atoms with Crippen LogP contribution < -0.4 is 10.1 Å². The van der Waals surface area contributed by atoms with Gasteiger partial charge in [-0.05, 0) is 75.3 Å². The molecule has 1 amide bonds. The number of ether oxygens (including phenoxy) is 2. The molecule has 5 rings (SSSR count). The Hall–Kier alpha value is -5.51. The number of carbonyl (C=O) groups excluding carboxylic acids is 1. The van der Waals surface area contributed by atoms with Crippen LogP contribution in [0, 0.1) is 0 Å². The molecule has 4 aromatic carbocycles. The predicted molar refractivity (Wildman–Crippen MR) is 182 cm³/mol. The monoisotopic (exact) mass is 664 g/mol. The average Bonchev–Trinajstić information content (AvgIpc) is 3.50. The molecule has 0 unspecified atom stereocenters. The normalized spacial score (nSPS) is 16.5. The van der Waals surface area contributed by atoms with Crippen LogP contribution in [-0.4, -0.2) is 35.7 Å². The van der Waals surface area contributed by atoms with Gasteiger partial charge in [-0.2, -0.15) is 0 Å². The lowest BCUT2D eigenvalue weighted by Gasteiger charge is -2.32. The summed E-state index contributed by atoms with van der Waals surface area (Å²) >= 11 is 6.10. The summed E-state index contributed by atoms with van der Waals surface area (Å²) in [5.74, 6) is 0.467. The van der Waals surface area contributed by atoms with Gasteiger partial charge in [-0.3, -0.25) is 4.79 Å². The van der Waals surface area contributed by atoms with Crippen LogP contribution in [0.3, 0.4) is 0 Å². The first-order chi connectivity index (χ1) is 23.5. The number of aliphatic hydroxyl groups is 1. The molecule has 2 atom stereocenters. The zero-order valence-corrected chi connectivity index (χ0v) is 26.7. The van der Waals surface area contributed by atoms with Gasteiger partial charge in [-0.25, -0.2) is 4.99 Å². The van der Waals surface area contributed by atoms with Gasteiger partial charge >= 0.3 is 0 Å². The summed E-state index contributed by atoms with van der Waals surface area (Å²) in [6.45, 7) is 0.721. The third kappa shape index (κ3) is 8.06. The molecule has 0 aliphatic carbocycles. The largest absolute Gasteiger partial charge is 0.494 e. The molecule has 0 bridgehead atoms. The number of carbonyl (C=O) groups is 1. The molecule has 2 N–H and O–H groups in total. The fourth-order valence-corrected chi connectivity index (χ4v) is 5.65. The van der Waals surface area contributed by atoms with E-state index < -0.39 is 17.6 Å². The quantitative estimate of drug-likeness (QED) is 0.0577. The highest BCUT2D eigenvalue weighted by Crippen LogP contribution is 2.44. The Bertz CT molecular complexity index is 1860. The van der Waals surface area contributed by atoms with Crippen LogP contribution in [0.4, 0.5) is 0 Å². The van der Waals surface area contributed by atoms with Gasteiger partial charge in [0.1, 0.15) is 5.75 Å². The summed E-state index contributed by atoms with van der Waals surface area (Å²) in [6, 6.07) is 29.1. The lowest BCUT2D eigenvalue weighted by molar-refractivity contribution is -0.129. The minimum absolute atomic E-state index is 0.0272. The number of nitrogens with zero attached hydrogens (tertiary/aromatic N) is 7. The van der Waals surface area contributed by atoms with Crippen LogP contribution in [0.5, 0.6) is 5.75 Å². The fraction of sp³-hybridized carbons (Fsp3) is 0.257. The van der Waals surface area contributed by atoms with Crippen molar-refractivity contribution in [1.82, 2.24) is 5.32 Å². The van der Waals surface area contributed by atoms with Crippen LogP contribution in [0.1, 0.15) is 45.9 Å². The van der Waals surface area contributed by atoms with Gasteiger partial charge in [0.15, 0.2) is 11.6 Å². The topological polar surface area (TPSA) is 178 Å². The number of aliphatic imine (C=N–C) groups is 1. The van der Waals surface area contributed by atoms with E-state index in [0.29, 0.717) is 40.5 Å². The van der Waals surface area contributed by atoms with E-state index in [0.717, 1.165) is 16.7 Å². The maximum Gasteiger partial charge on any atom is 0.252 e. The summed E-state index contributed by atoms with van der Waals surface area (Å²) < 4.78 is 12.4. The predicted octanol–water partition coefficient (Wildman–Crippen LogP) is 7.54. The first kappa shape index (κ1) is 33.8. The van der Waals surface area contributed by atoms with Crippen LogP contribution in [0.15, 0.2) is 112 Å². The van der Waals surface area contributed by atoms with Crippen molar-refractivity contribution in [2.45, 2.75) is 44.1 Å². The average molecular weight is 665 g/mol. The van der Waals surface area contributed by atoms with Crippen molar-refractivity contribution in [2.24, 2.45) is 15.2 Å². The summed E-state index contributed by atoms with van der Waals surface area (Å²) in [5, 5.41) is 20.3. The molecular formula is C35H33ClN8O4. The molecule has 0 saturated heterocycles. The van der Waals surface area contributed by atoms with Gasteiger partial charge in [0, 0.05) is 46.4 Å². The molecule has 0 spiro atoms. The van der Waals surface area contributed by atoms with Crippen LogP contribution in [0.2, 0.25) is 5.02 Å². The van der Waals surface area contributed by atoms with E-state index >= 15 is 0 Å². The minimum atomic E-state index is -1.54. The van der Waals surface area contributed by atoms with Crippen LogP contribution in [0.25, 0.3) is 20.9 Å². The molecule has 0 fully saturated rings. The van der Waals surface area contributed by atoms with Crippen molar-refractivity contribution in [3.63, 3.8) is 0 Å². The molecule has 1 aliphatic rings. The van der Waals surface area contributed by atoms with Crippen molar-refractivity contribution in [3.8, 4) is 5.75 Å². The Kier molecular flexibility index (Phi) is 11.5. The Balaban J connectivity index is 1.64. The second kappa shape index (κ2) is 16.4. The summed E-state index contributed by atoms with van der Waals surface area (Å²) in [4.78, 5) is 25.7. The molecule has 0 saturated carbocycles. The van der Waals surface area contributed by atoms with Crippen molar-refractivity contribution < 1.29 is 19.4 Å². The van der Waals surface area contributed by atoms with E-state index in [9.17, 15) is 4.79 Å². The molecule has 0 radical (unpaired) electrons. The first-order valence-corrected chi connectivity index (χ1v) is 15.6. The Morgan fingerprint density at radius 3 is 2.25 bits per heavy atom. The number of hydrogen-bond acceptors (Lipinski definition) is 7. The summed E-state index contributed by atoms with van der Waals surface area (Å²) in [6.07, 6.45) is -0.331. The van der Waals surface area contributed by atoms with E-state index in [-0.39, 0.29) is 38.6 Å². The van der Waals surface area contributed by atoms with Crippen LogP contribution >= 0.6 is 11.6 Å². The van der Waals surface area contributed by atoms with Gasteiger partial charge in [0.25, 0.3) is 5.91 Å². The Morgan fingerprint density at radius 2 is 1.56 bits per heavy atom. The van der Waals surface area contributed by atoms with E-state index in [1.165, 1.54) is 0 Å². The maximum atomic E-state index is 14.7. The second-order valence-electron chi connectivity index (χ2n) is 11.0. The van der Waals surface area contributed by atoms with Gasteiger partial charge in [-0.1, -0.05) is 82.5 Å². The third-order valence-corrected chi connectivity index (χ3v) is 8.17. The number of halogens is 1. The van der Waals surface area contributed by atoms with Crippen LogP contribution in [-0.2, 0) is 35.6 Å². The lowest BCUT2D eigenvalue weighted by atomic mass is 9.79. The molecule has 4 aromatic rings. The Labute approximate surface area is 282 Å². The molecule has 48 heavy (non-hydrogen) atoms. The van der Waals surface area contributed by atoms with Gasteiger partial charge in [0.05, 0.1) is 19.7 Å². The summed E-state index contributed by atoms with van der Waals surface area (Å²) in [7, 11) is 0. The Morgan fingerprint density at radius 1 is 0.917 bits per heavy atom. The molecule has 1 aliphatic heterocycles. The van der Waals surface area contributed by atoms with E-state index in [1.807, 2.05) is 60.7 Å². The molecule has 13 heteroatoms. The third-order valence-electron chi connectivity index (χ3n) is 7.92.